The van der Waals surface area contributed by atoms with Crippen LogP contribution in [0.1, 0.15) is 24.4 Å². The molecule has 2 atom stereocenters. The normalized spacial score (nSPS) is 25.7. The van der Waals surface area contributed by atoms with Crippen LogP contribution in [0.5, 0.6) is 0 Å². The Morgan fingerprint density at radius 2 is 2.06 bits per heavy atom. The van der Waals surface area contributed by atoms with Crippen LogP contribution in [0.25, 0.3) is 10.9 Å². The van der Waals surface area contributed by atoms with Gasteiger partial charge in [0, 0.05) is 30.8 Å². The SMILES string of the molecule is CN1CCC(N)CC1c1ccc2c(ccn2C)c1. The van der Waals surface area contributed by atoms with E-state index < -0.39 is 0 Å². The van der Waals surface area contributed by atoms with E-state index in [0.29, 0.717) is 12.1 Å². The molecule has 1 aliphatic heterocycles. The third kappa shape index (κ3) is 1.93. The summed E-state index contributed by atoms with van der Waals surface area (Å²) in [6.07, 6.45) is 4.29. The number of hydrogen-bond donors (Lipinski definition) is 1. The van der Waals surface area contributed by atoms with Crippen LogP contribution >= 0.6 is 0 Å². The predicted molar refractivity (Wildman–Crippen MR) is 75.5 cm³/mol. The van der Waals surface area contributed by atoms with Crippen LogP contribution in [0, 0.1) is 0 Å². The van der Waals surface area contributed by atoms with Gasteiger partial charge in [0.05, 0.1) is 0 Å². The summed E-state index contributed by atoms with van der Waals surface area (Å²) < 4.78 is 2.16. The maximum absolute atomic E-state index is 6.11. The van der Waals surface area contributed by atoms with Crippen molar-refractivity contribution >= 4 is 10.9 Å². The molecule has 0 bridgehead atoms. The van der Waals surface area contributed by atoms with E-state index >= 15 is 0 Å². The molecule has 2 N–H and O–H groups in total. The molecule has 1 fully saturated rings. The monoisotopic (exact) mass is 243 g/mol. The highest BCUT2D eigenvalue weighted by Crippen LogP contribution is 2.31. The van der Waals surface area contributed by atoms with Crippen molar-refractivity contribution in [3.8, 4) is 0 Å². The smallest absolute Gasteiger partial charge is 0.0477 e. The Kier molecular flexibility index (Phi) is 2.88. The lowest BCUT2D eigenvalue weighted by Crippen LogP contribution is -2.39. The number of nitrogens with two attached hydrogens (primary N) is 1. The minimum atomic E-state index is 0.345. The summed E-state index contributed by atoms with van der Waals surface area (Å²) in [4.78, 5) is 2.42. The molecular weight excluding hydrogens is 222 g/mol. The molecule has 0 radical (unpaired) electrons. The number of aromatic nitrogens is 1. The van der Waals surface area contributed by atoms with Crippen LogP contribution in [-0.4, -0.2) is 29.1 Å². The average molecular weight is 243 g/mol. The first-order valence-corrected chi connectivity index (χ1v) is 6.66. The van der Waals surface area contributed by atoms with Crippen LogP contribution in [0.4, 0.5) is 0 Å². The molecule has 1 aromatic heterocycles. The van der Waals surface area contributed by atoms with E-state index in [2.05, 4.69) is 54.0 Å². The van der Waals surface area contributed by atoms with Crippen molar-refractivity contribution in [1.82, 2.24) is 9.47 Å². The van der Waals surface area contributed by atoms with E-state index in [4.69, 9.17) is 5.73 Å². The molecule has 2 unspecified atom stereocenters. The molecule has 2 aromatic rings. The van der Waals surface area contributed by atoms with Crippen LogP contribution in [0.2, 0.25) is 0 Å². The molecule has 1 aromatic carbocycles. The van der Waals surface area contributed by atoms with Gasteiger partial charge in [0.1, 0.15) is 0 Å². The van der Waals surface area contributed by atoms with E-state index in [1.807, 2.05) is 0 Å². The summed E-state index contributed by atoms with van der Waals surface area (Å²) in [6.45, 7) is 1.10. The van der Waals surface area contributed by atoms with Gasteiger partial charge < -0.3 is 10.3 Å². The Hall–Kier alpha value is -1.32. The first-order chi connectivity index (χ1) is 8.65. The molecule has 0 saturated carbocycles. The first kappa shape index (κ1) is 11.8. The zero-order valence-corrected chi connectivity index (χ0v) is 11.1. The molecule has 0 spiro atoms. The van der Waals surface area contributed by atoms with Crippen molar-refractivity contribution in [3.05, 3.63) is 36.0 Å². The largest absolute Gasteiger partial charge is 0.351 e. The van der Waals surface area contributed by atoms with Crippen molar-refractivity contribution in [1.29, 1.82) is 0 Å². The van der Waals surface area contributed by atoms with Crippen molar-refractivity contribution in [2.24, 2.45) is 12.8 Å². The predicted octanol–water partition coefficient (Wildman–Crippen LogP) is 2.27. The molecule has 96 valence electrons. The van der Waals surface area contributed by atoms with Crippen LogP contribution < -0.4 is 5.73 Å². The molecule has 3 rings (SSSR count). The Balaban J connectivity index is 1.97. The number of hydrogen-bond acceptors (Lipinski definition) is 2. The quantitative estimate of drug-likeness (QED) is 0.833. The molecule has 1 aliphatic rings. The number of fused-ring (bicyclic) bond motifs is 1. The van der Waals surface area contributed by atoms with Crippen molar-refractivity contribution in [2.75, 3.05) is 13.6 Å². The average Bonchev–Trinajstić information content (AvgIpc) is 2.74. The number of nitrogens with zero attached hydrogens (tertiary/aromatic N) is 2. The van der Waals surface area contributed by atoms with E-state index in [9.17, 15) is 0 Å². The molecule has 0 aliphatic carbocycles. The third-order valence-corrected chi connectivity index (χ3v) is 4.20. The number of benzene rings is 1. The van der Waals surface area contributed by atoms with Gasteiger partial charge in [-0.3, -0.25) is 4.90 Å². The summed E-state index contributed by atoms with van der Waals surface area (Å²) in [5.74, 6) is 0. The molecule has 1 saturated heterocycles. The van der Waals surface area contributed by atoms with Gasteiger partial charge in [-0.15, -0.1) is 0 Å². The van der Waals surface area contributed by atoms with Gasteiger partial charge in [-0.2, -0.15) is 0 Å². The lowest BCUT2D eigenvalue weighted by Gasteiger charge is -2.36. The fraction of sp³-hybridized carbons (Fsp3) is 0.467. The second-order valence-electron chi connectivity index (χ2n) is 5.53. The fourth-order valence-corrected chi connectivity index (χ4v) is 3.01. The molecule has 3 nitrogen and oxygen atoms in total. The summed E-state index contributed by atoms with van der Waals surface area (Å²) in [5, 5.41) is 1.32. The van der Waals surface area contributed by atoms with Gasteiger partial charge in [0.2, 0.25) is 0 Å². The standard InChI is InChI=1S/C15H21N3/c1-17-7-5-12-9-11(3-4-14(12)17)15-10-13(16)6-8-18(15)2/h3-5,7,9,13,15H,6,8,10,16H2,1-2H3. The molecule has 3 heteroatoms. The van der Waals surface area contributed by atoms with Crippen LogP contribution in [-0.2, 0) is 7.05 Å². The Morgan fingerprint density at radius 1 is 1.22 bits per heavy atom. The summed E-state index contributed by atoms with van der Waals surface area (Å²) >= 11 is 0. The zero-order chi connectivity index (χ0) is 12.7. The second-order valence-corrected chi connectivity index (χ2v) is 5.53. The summed E-state index contributed by atoms with van der Waals surface area (Å²) in [7, 11) is 4.29. The Morgan fingerprint density at radius 3 is 2.89 bits per heavy atom. The van der Waals surface area contributed by atoms with Gasteiger partial charge in [-0.05, 0) is 55.6 Å². The van der Waals surface area contributed by atoms with E-state index in [-0.39, 0.29) is 0 Å². The highest BCUT2D eigenvalue weighted by Gasteiger charge is 2.25. The van der Waals surface area contributed by atoms with Gasteiger partial charge in [-0.25, -0.2) is 0 Å². The van der Waals surface area contributed by atoms with Gasteiger partial charge in [0.25, 0.3) is 0 Å². The maximum Gasteiger partial charge on any atom is 0.0477 e. The van der Waals surface area contributed by atoms with Crippen LogP contribution in [0.15, 0.2) is 30.5 Å². The highest BCUT2D eigenvalue weighted by atomic mass is 15.1. The number of rotatable bonds is 1. The van der Waals surface area contributed by atoms with Gasteiger partial charge in [0.15, 0.2) is 0 Å². The van der Waals surface area contributed by atoms with E-state index in [1.54, 1.807) is 0 Å². The summed E-state index contributed by atoms with van der Waals surface area (Å²) in [6, 6.07) is 9.78. The summed E-state index contributed by atoms with van der Waals surface area (Å²) in [5.41, 5.74) is 8.80. The molecule has 0 amide bonds. The highest BCUT2D eigenvalue weighted by molar-refractivity contribution is 5.80. The number of aryl methyl sites for hydroxylation is 1. The Labute approximate surface area is 108 Å². The first-order valence-electron chi connectivity index (χ1n) is 6.66. The van der Waals surface area contributed by atoms with Crippen molar-refractivity contribution in [3.63, 3.8) is 0 Å². The molecule has 2 heterocycles. The zero-order valence-electron chi connectivity index (χ0n) is 11.1. The lowest BCUT2D eigenvalue weighted by molar-refractivity contribution is 0.171. The molecule has 18 heavy (non-hydrogen) atoms. The van der Waals surface area contributed by atoms with Gasteiger partial charge in [-0.1, -0.05) is 6.07 Å². The fourth-order valence-electron chi connectivity index (χ4n) is 3.01. The Bertz CT molecular complexity index is 558. The topological polar surface area (TPSA) is 34.2 Å². The minimum absolute atomic E-state index is 0.345. The maximum atomic E-state index is 6.11. The lowest BCUT2D eigenvalue weighted by atomic mass is 9.92. The third-order valence-electron chi connectivity index (χ3n) is 4.20. The number of likely N-dealkylation sites (tertiary alicyclic amines) is 1. The van der Waals surface area contributed by atoms with E-state index in [1.165, 1.54) is 16.5 Å². The minimum Gasteiger partial charge on any atom is -0.351 e. The molecular formula is C15H21N3. The van der Waals surface area contributed by atoms with Gasteiger partial charge >= 0.3 is 0 Å². The second kappa shape index (κ2) is 4.41. The van der Waals surface area contributed by atoms with Crippen molar-refractivity contribution in [2.45, 2.75) is 24.9 Å². The van der Waals surface area contributed by atoms with E-state index in [0.717, 1.165) is 19.4 Å². The number of piperidine rings is 1. The van der Waals surface area contributed by atoms with Crippen LogP contribution in [0.3, 0.4) is 0 Å². The van der Waals surface area contributed by atoms with Crippen molar-refractivity contribution < 1.29 is 0 Å².